The summed E-state index contributed by atoms with van der Waals surface area (Å²) in [6.07, 6.45) is 8.37. The second-order valence-electron chi connectivity index (χ2n) is 6.23. The summed E-state index contributed by atoms with van der Waals surface area (Å²) in [6.45, 7) is 1.17. The van der Waals surface area contributed by atoms with Crippen molar-refractivity contribution in [3.05, 3.63) is 29.8 Å². The van der Waals surface area contributed by atoms with Crippen molar-refractivity contribution in [3.63, 3.8) is 0 Å². The molecule has 1 heterocycles. The first-order chi connectivity index (χ1) is 8.70. The van der Waals surface area contributed by atoms with Crippen molar-refractivity contribution < 1.29 is 0 Å². The molecule has 1 saturated carbocycles. The molecule has 98 valence electrons. The SMILES string of the molecule is CN(C)N1CCC2(CCCC2)Cc2ccccc21. The highest BCUT2D eigenvalue weighted by Gasteiger charge is 2.37. The van der Waals surface area contributed by atoms with E-state index in [9.17, 15) is 0 Å². The summed E-state index contributed by atoms with van der Waals surface area (Å²) in [5.41, 5.74) is 3.57. The lowest BCUT2D eigenvalue weighted by molar-refractivity contribution is 0.261. The third kappa shape index (κ3) is 2.03. The number of benzene rings is 1. The summed E-state index contributed by atoms with van der Waals surface area (Å²) >= 11 is 0. The van der Waals surface area contributed by atoms with Crippen molar-refractivity contribution >= 4 is 5.69 Å². The van der Waals surface area contributed by atoms with E-state index in [4.69, 9.17) is 0 Å². The Bertz CT molecular complexity index is 419. The zero-order valence-corrected chi connectivity index (χ0v) is 11.7. The van der Waals surface area contributed by atoms with Gasteiger partial charge in [0.05, 0.1) is 5.69 Å². The van der Waals surface area contributed by atoms with E-state index in [2.05, 4.69) is 48.4 Å². The van der Waals surface area contributed by atoms with Gasteiger partial charge in [0.1, 0.15) is 0 Å². The molecule has 1 fully saturated rings. The van der Waals surface area contributed by atoms with Crippen LogP contribution in [0, 0.1) is 5.41 Å². The van der Waals surface area contributed by atoms with Crippen LogP contribution in [0.5, 0.6) is 0 Å². The van der Waals surface area contributed by atoms with Crippen LogP contribution in [0.25, 0.3) is 0 Å². The number of hydrazine groups is 1. The maximum atomic E-state index is 2.45. The molecular weight excluding hydrogens is 220 g/mol. The molecule has 0 unspecified atom stereocenters. The lowest BCUT2D eigenvalue weighted by Gasteiger charge is -2.32. The fourth-order valence-corrected chi connectivity index (χ4v) is 3.84. The molecule has 1 aliphatic carbocycles. The van der Waals surface area contributed by atoms with Gasteiger partial charge in [-0.05, 0) is 42.7 Å². The molecule has 0 atom stereocenters. The van der Waals surface area contributed by atoms with Gasteiger partial charge in [-0.1, -0.05) is 31.0 Å². The smallest absolute Gasteiger partial charge is 0.0554 e. The van der Waals surface area contributed by atoms with Gasteiger partial charge < -0.3 is 5.01 Å². The molecule has 1 aromatic rings. The molecule has 0 radical (unpaired) electrons. The molecule has 0 bridgehead atoms. The lowest BCUT2D eigenvalue weighted by atomic mass is 9.78. The minimum atomic E-state index is 0.598. The molecule has 2 heteroatoms. The van der Waals surface area contributed by atoms with Crippen molar-refractivity contribution in [1.29, 1.82) is 0 Å². The van der Waals surface area contributed by atoms with Crippen LogP contribution in [0.2, 0.25) is 0 Å². The van der Waals surface area contributed by atoms with Gasteiger partial charge in [0, 0.05) is 20.6 Å². The van der Waals surface area contributed by atoms with Crippen molar-refractivity contribution in [1.82, 2.24) is 5.01 Å². The first kappa shape index (κ1) is 12.0. The van der Waals surface area contributed by atoms with Gasteiger partial charge in [-0.2, -0.15) is 0 Å². The molecule has 1 aliphatic heterocycles. The Balaban J connectivity index is 1.98. The maximum Gasteiger partial charge on any atom is 0.0554 e. The molecule has 0 aromatic heterocycles. The zero-order valence-electron chi connectivity index (χ0n) is 11.7. The predicted octanol–water partition coefficient (Wildman–Crippen LogP) is 3.48. The van der Waals surface area contributed by atoms with Gasteiger partial charge >= 0.3 is 0 Å². The highest BCUT2D eigenvalue weighted by Crippen LogP contribution is 2.47. The Labute approximate surface area is 111 Å². The second-order valence-corrected chi connectivity index (χ2v) is 6.23. The number of hydrogen-bond acceptors (Lipinski definition) is 2. The maximum absolute atomic E-state index is 2.45. The quantitative estimate of drug-likeness (QED) is 0.746. The second kappa shape index (κ2) is 4.58. The Kier molecular flexibility index (Phi) is 3.06. The molecule has 2 aliphatic rings. The standard InChI is InChI=1S/C16H24N2/c1-17(2)18-12-11-16(9-5-6-10-16)13-14-7-3-4-8-15(14)18/h3-4,7-8H,5-6,9-13H2,1-2H3. The van der Waals surface area contributed by atoms with Crippen LogP contribution in [0.15, 0.2) is 24.3 Å². The van der Waals surface area contributed by atoms with Crippen LogP contribution >= 0.6 is 0 Å². The minimum absolute atomic E-state index is 0.598. The summed E-state index contributed by atoms with van der Waals surface area (Å²) in [7, 11) is 4.31. The van der Waals surface area contributed by atoms with Crippen LogP contribution < -0.4 is 5.01 Å². The molecule has 18 heavy (non-hydrogen) atoms. The van der Waals surface area contributed by atoms with E-state index in [1.54, 1.807) is 5.56 Å². The normalized spacial score (nSPS) is 22.3. The van der Waals surface area contributed by atoms with E-state index >= 15 is 0 Å². The number of fused-ring (bicyclic) bond motifs is 1. The molecular formula is C16H24N2. The third-order valence-electron chi connectivity index (χ3n) is 4.84. The Hall–Kier alpha value is -1.02. The third-order valence-corrected chi connectivity index (χ3v) is 4.84. The van der Waals surface area contributed by atoms with E-state index < -0.39 is 0 Å². The Morgan fingerprint density at radius 2 is 1.78 bits per heavy atom. The molecule has 3 rings (SSSR count). The summed E-state index contributed by atoms with van der Waals surface area (Å²) < 4.78 is 0. The summed E-state index contributed by atoms with van der Waals surface area (Å²) in [5.74, 6) is 0. The number of anilines is 1. The Morgan fingerprint density at radius 1 is 1.06 bits per heavy atom. The molecule has 0 N–H and O–H groups in total. The van der Waals surface area contributed by atoms with Crippen molar-refractivity contribution in [2.75, 3.05) is 25.6 Å². The summed E-state index contributed by atoms with van der Waals surface area (Å²) in [5, 5.41) is 4.69. The topological polar surface area (TPSA) is 6.48 Å². The van der Waals surface area contributed by atoms with Crippen molar-refractivity contribution in [2.45, 2.75) is 38.5 Å². The average molecular weight is 244 g/mol. The number of nitrogens with zero attached hydrogens (tertiary/aromatic N) is 2. The number of para-hydroxylation sites is 1. The summed E-state index contributed by atoms with van der Waals surface area (Å²) in [4.78, 5) is 0. The Morgan fingerprint density at radius 3 is 2.50 bits per heavy atom. The van der Waals surface area contributed by atoms with Gasteiger partial charge in [-0.3, -0.25) is 0 Å². The van der Waals surface area contributed by atoms with Gasteiger partial charge in [0.15, 0.2) is 0 Å². The van der Waals surface area contributed by atoms with Crippen LogP contribution in [0.3, 0.4) is 0 Å². The zero-order chi connectivity index (χ0) is 12.6. The highest BCUT2D eigenvalue weighted by atomic mass is 15.6. The van der Waals surface area contributed by atoms with Gasteiger partial charge in [0.25, 0.3) is 0 Å². The van der Waals surface area contributed by atoms with E-state index in [1.807, 2.05) is 0 Å². The molecule has 0 saturated heterocycles. The van der Waals surface area contributed by atoms with E-state index in [-0.39, 0.29) is 0 Å². The average Bonchev–Trinajstić information content (AvgIpc) is 2.72. The van der Waals surface area contributed by atoms with Crippen LogP contribution in [0.1, 0.15) is 37.7 Å². The largest absolute Gasteiger partial charge is 0.306 e. The highest BCUT2D eigenvalue weighted by molar-refractivity contribution is 5.54. The first-order valence-corrected chi connectivity index (χ1v) is 7.23. The first-order valence-electron chi connectivity index (χ1n) is 7.23. The van der Waals surface area contributed by atoms with Gasteiger partial charge in [-0.25, -0.2) is 5.01 Å². The van der Waals surface area contributed by atoms with E-state index in [1.165, 1.54) is 50.8 Å². The predicted molar refractivity (Wildman–Crippen MR) is 76.7 cm³/mol. The fourth-order valence-electron chi connectivity index (χ4n) is 3.84. The van der Waals surface area contributed by atoms with E-state index in [0.717, 1.165) is 0 Å². The van der Waals surface area contributed by atoms with Gasteiger partial charge in [-0.15, -0.1) is 0 Å². The van der Waals surface area contributed by atoms with Crippen molar-refractivity contribution in [3.8, 4) is 0 Å². The van der Waals surface area contributed by atoms with Crippen LogP contribution in [-0.2, 0) is 6.42 Å². The lowest BCUT2D eigenvalue weighted by Crippen LogP contribution is -2.38. The van der Waals surface area contributed by atoms with E-state index in [0.29, 0.717) is 5.41 Å². The number of rotatable bonds is 1. The summed E-state index contributed by atoms with van der Waals surface area (Å²) in [6, 6.07) is 8.98. The van der Waals surface area contributed by atoms with Crippen molar-refractivity contribution in [2.24, 2.45) is 5.41 Å². The number of hydrogen-bond donors (Lipinski definition) is 0. The monoisotopic (exact) mass is 244 g/mol. The molecule has 0 amide bonds. The van der Waals surface area contributed by atoms with Gasteiger partial charge in [0.2, 0.25) is 0 Å². The minimum Gasteiger partial charge on any atom is -0.306 e. The fraction of sp³-hybridized carbons (Fsp3) is 0.625. The molecule has 2 nitrogen and oxygen atoms in total. The molecule has 1 spiro atoms. The van der Waals surface area contributed by atoms with Crippen LogP contribution in [0.4, 0.5) is 5.69 Å². The molecule has 1 aromatic carbocycles. The van der Waals surface area contributed by atoms with Crippen LogP contribution in [-0.4, -0.2) is 25.6 Å².